The summed E-state index contributed by atoms with van der Waals surface area (Å²) in [4.78, 5) is 86.4. The van der Waals surface area contributed by atoms with E-state index in [1.807, 2.05) is 39.8 Å². The summed E-state index contributed by atoms with van der Waals surface area (Å²) in [5.41, 5.74) is 2.33. The van der Waals surface area contributed by atoms with E-state index in [1.165, 1.54) is 36.5 Å². The van der Waals surface area contributed by atoms with Crippen LogP contribution in [0.3, 0.4) is 0 Å². The molecule has 4 aliphatic carbocycles. The predicted molar refractivity (Wildman–Crippen MR) is 456 cm³/mol. The Bertz CT molecular complexity index is 5630. The van der Waals surface area contributed by atoms with Crippen molar-refractivity contribution in [1.29, 1.82) is 43.3 Å². The lowest BCUT2D eigenvalue weighted by Gasteiger charge is -2.40. The molecule has 4 aromatic carbocycles. The Kier molecular flexibility index (Phi) is 21.7. The molecule has 8 aromatic rings. The van der Waals surface area contributed by atoms with E-state index < -0.39 is 40.2 Å². The minimum absolute atomic E-state index is 0.0306. The molecule has 9 heterocycles. The van der Waals surface area contributed by atoms with Gasteiger partial charge in [0.25, 0.3) is 0 Å². The Morgan fingerprint density at radius 2 is 0.600 bits per heavy atom. The van der Waals surface area contributed by atoms with E-state index in [0.717, 1.165) is 57.4 Å². The summed E-state index contributed by atoms with van der Waals surface area (Å²) in [5.74, 6) is -3.83. The monoisotopic (exact) mass is 1640 g/mol. The van der Waals surface area contributed by atoms with E-state index >= 15 is 17.6 Å². The van der Waals surface area contributed by atoms with Gasteiger partial charge in [0, 0.05) is 245 Å². The summed E-state index contributed by atoms with van der Waals surface area (Å²) < 4.78 is 72.4. The van der Waals surface area contributed by atoms with Crippen molar-refractivity contribution in [2.45, 2.75) is 95.3 Å². The van der Waals surface area contributed by atoms with Crippen molar-refractivity contribution in [2.75, 3.05) is 177 Å². The van der Waals surface area contributed by atoms with Gasteiger partial charge in [-0.1, -0.05) is 0 Å². The first-order valence-corrected chi connectivity index (χ1v) is 41.6. The number of hydrogen-bond acceptors (Lipinski definition) is 17. The smallest absolute Gasteiger partial charge is 0.341 e. The van der Waals surface area contributed by atoms with E-state index in [-0.39, 0.29) is 203 Å². The molecule has 0 unspecified atom stereocenters. The topological polar surface area (TPSA) is 379 Å². The lowest BCUT2D eigenvalue weighted by Crippen LogP contribution is -2.58. The molecular formula is C84H100F4N26O6. The molecular weight excluding hydrogens is 1550 g/mol. The maximum atomic E-state index is 16.2. The van der Waals surface area contributed by atoms with Crippen LogP contribution in [0.1, 0.15) is 104 Å². The third kappa shape index (κ3) is 16.3. The van der Waals surface area contributed by atoms with Crippen molar-refractivity contribution in [3.8, 4) is 0 Å². The first kappa shape index (κ1) is 79.9. The Labute approximate surface area is 687 Å². The second-order valence-corrected chi connectivity index (χ2v) is 33.1. The van der Waals surface area contributed by atoms with Gasteiger partial charge in [0.15, 0.2) is 40.1 Å². The van der Waals surface area contributed by atoms with Crippen molar-refractivity contribution in [2.24, 2.45) is 0 Å². The number of carbonyl (C=O) groups is 1. The van der Waals surface area contributed by atoms with E-state index in [2.05, 4.69) is 15.2 Å². The van der Waals surface area contributed by atoms with Crippen LogP contribution in [0.25, 0.3) is 43.6 Å². The summed E-state index contributed by atoms with van der Waals surface area (Å²) in [7, 11) is 0. The van der Waals surface area contributed by atoms with Gasteiger partial charge in [-0.25, -0.2) is 22.4 Å². The molecule has 4 saturated carbocycles. The number of halogens is 4. The number of aromatic nitrogens is 4. The van der Waals surface area contributed by atoms with E-state index in [1.54, 1.807) is 82.4 Å². The zero-order valence-electron chi connectivity index (χ0n) is 67.1. The number of rotatable bonds is 13. The van der Waals surface area contributed by atoms with Crippen LogP contribution in [0.5, 0.6) is 0 Å². The number of carboxylic acids is 1. The van der Waals surface area contributed by atoms with Crippen LogP contribution in [0.4, 0.5) is 40.3 Å². The number of pyridine rings is 4. The highest BCUT2D eigenvalue weighted by atomic mass is 19.1. The maximum absolute atomic E-state index is 16.2. The van der Waals surface area contributed by atoms with Crippen LogP contribution in [0.15, 0.2) is 105 Å². The van der Waals surface area contributed by atoms with Gasteiger partial charge in [-0.2, -0.15) is 0 Å². The number of carboxylic acid groups (broad SMARTS) is 1. The number of guanidine groups is 4. The van der Waals surface area contributed by atoms with Crippen LogP contribution in [0.2, 0.25) is 0 Å². The quantitative estimate of drug-likeness (QED) is 0.0307. The van der Waals surface area contributed by atoms with Gasteiger partial charge in [0.2, 0.25) is 5.43 Å². The highest BCUT2D eigenvalue weighted by Crippen LogP contribution is 2.42. The number of nitrogens with one attached hydrogen (secondary N) is 10. The van der Waals surface area contributed by atoms with Crippen molar-refractivity contribution in [3.05, 3.63) is 161 Å². The molecule has 9 fully saturated rings. The molecule has 0 amide bonds. The van der Waals surface area contributed by atoms with Gasteiger partial charge in [0.05, 0.1) is 57.7 Å². The van der Waals surface area contributed by atoms with Crippen LogP contribution < -0.4 is 51.9 Å². The van der Waals surface area contributed by atoms with Crippen LogP contribution in [0, 0.1) is 73.5 Å². The summed E-state index contributed by atoms with van der Waals surface area (Å²) >= 11 is 0. The van der Waals surface area contributed by atoms with Crippen molar-refractivity contribution >= 4 is 120 Å². The predicted octanol–water partition coefficient (Wildman–Crippen LogP) is 7.27. The lowest BCUT2D eigenvalue weighted by molar-refractivity contribution is 0.0694. The van der Waals surface area contributed by atoms with E-state index in [9.17, 15) is 72.4 Å². The average molecular weight is 1650 g/mol. The molecule has 4 aromatic heterocycles. The first-order valence-electron chi connectivity index (χ1n) is 41.6. The number of aromatic carboxylic acids is 1. The van der Waals surface area contributed by atoms with E-state index in [4.69, 9.17) is 0 Å². The second kappa shape index (κ2) is 32.6. The molecule has 32 nitrogen and oxygen atoms in total. The summed E-state index contributed by atoms with van der Waals surface area (Å²) in [5, 5.41) is 94.2. The molecule has 630 valence electrons. The Morgan fingerprint density at radius 1 is 0.350 bits per heavy atom. The zero-order valence-corrected chi connectivity index (χ0v) is 67.1. The highest BCUT2D eigenvalue weighted by molar-refractivity contribution is 6.02. The number of amidine groups is 4. The van der Waals surface area contributed by atoms with Gasteiger partial charge in [-0.3, -0.25) is 73.1 Å². The molecule has 17 rings (SSSR count). The third-order valence-electron chi connectivity index (χ3n) is 25.3. The number of piperazine rings is 4. The van der Waals surface area contributed by atoms with Crippen molar-refractivity contribution < 1.29 is 27.5 Å². The van der Waals surface area contributed by atoms with Gasteiger partial charge in [-0.05, 0) is 107 Å². The second-order valence-electron chi connectivity index (χ2n) is 33.1. The molecule has 0 bridgehead atoms. The maximum Gasteiger partial charge on any atom is 0.341 e. The van der Waals surface area contributed by atoms with Crippen molar-refractivity contribution in [3.63, 3.8) is 0 Å². The van der Waals surface area contributed by atoms with Gasteiger partial charge in [0.1, 0.15) is 52.2 Å². The molecule has 120 heavy (non-hydrogen) atoms. The minimum atomic E-state index is -1.40. The fourth-order valence-electron chi connectivity index (χ4n) is 17.7. The summed E-state index contributed by atoms with van der Waals surface area (Å²) in [6.07, 6.45) is 13.8. The Hall–Kier alpha value is -12.5. The number of nitrogens with zero attached hydrogens (tertiary/aromatic N) is 16. The molecule has 11 N–H and O–H groups in total. The normalized spacial score (nSPS) is 18.7. The number of benzene rings is 4. The fourth-order valence-corrected chi connectivity index (χ4v) is 17.7. The largest absolute Gasteiger partial charge is 0.477 e. The highest BCUT2D eigenvalue weighted by Gasteiger charge is 2.36. The number of hydrogen-bond donors (Lipinski definition) is 11. The average Bonchev–Trinajstić information content (AvgIpc) is 1.35. The number of anilines is 4. The van der Waals surface area contributed by atoms with E-state index in [0.29, 0.717) is 126 Å². The summed E-state index contributed by atoms with van der Waals surface area (Å²) in [6.45, 7) is 7.11. The van der Waals surface area contributed by atoms with Crippen LogP contribution in [-0.4, -0.2) is 273 Å². The fraction of sp³-hybridized carbons (Fsp3) is 0.464. The molecule has 5 saturated heterocycles. The van der Waals surface area contributed by atoms with Crippen LogP contribution >= 0.6 is 0 Å². The molecule has 9 aliphatic rings. The van der Waals surface area contributed by atoms with Gasteiger partial charge >= 0.3 is 5.97 Å². The number of fused-ring (bicyclic) bond motifs is 4. The third-order valence-corrected chi connectivity index (χ3v) is 25.3. The van der Waals surface area contributed by atoms with Gasteiger partial charge < -0.3 is 82.2 Å². The standard InChI is InChI=1S/C84H100F4N26O6/c1-50-48-113(53-6-7-53)66-44-70(62(87)40-57(66)78(50)117)100-16-24-104(25-17-100)75(90)47-77(92)106-27-26-105(76(91)46-74(89)103-22-14-99(15-23-103)68-42-64-55(38-60(68)85)72(115)10-12-111(64)51-2-3-51)28-34-109(83(95)97-81(93)107-30-18-101(19-31-107)69-43-65-56(39-61(69)86)73(116)11-13-112(65)52-4-5-52)36-37-110(35-29-106)84(96)98-82(94)108-32-20-102(21-33-108)71-45-67-58(41-63(71)88)79(118)59(80(119)120)49-114(67)54-8-9-54/h10-13,38-45,48-49,51-54,89-92H,2-9,14-37,46-47H2,1H3,(H,119,120)(H3,93,95,97)(H3,94,96,98). The molecule has 0 spiro atoms. The molecule has 0 atom stereocenters. The molecule has 36 heteroatoms. The van der Waals surface area contributed by atoms with Gasteiger partial charge in [-0.15, -0.1) is 0 Å². The minimum Gasteiger partial charge on any atom is -0.477 e. The summed E-state index contributed by atoms with van der Waals surface area (Å²) in [6, 6.07) is 15.5. The molecule has 5 aliphatic heterocycles. The SMILES string of the molecule is Cc1cn(C2CC2)c2cc(N3CCN(C(=N)CC(=N)N4CCN(C(=N)CC(=N)N5CCN(c6cc7c(cc6F)c(=O)ccn7C6CC6)CC5)CCN(C(=N)NC(=N)N5CCN(c6cc7c(cc6F)c(=O)ccn7C6CC6)CC5)CCN(C(=N)NC(=N)N5CCN(c6cc7c(cc6F)c(=O)c(C(=O)O)cn7C6CC6)CC5)CC4)CC3)c(F)cc2c1=O. The first-order chi connectivity index (χ1) is 57.8. The Morgan fingerprint density at radius 3 is 0.900 bits per heavy atom. The molecule has 0 radical (unpaired) electrons. The van der Waals surface area contributed by atoms with Crippen molar-refractivity contribution in [1.82, 2.24) is 68.1 Å². The van der Waals surface area contributed by atoms with Crippen LogP contribution in [-0.2, 0) is 0 Å². The zero-order chi connectivity index (χ0) is 83.8. The number of aryl methyl sites for hydroxylation is 1. The lowest BCUT2D eigenvalue weighted by atomic mass is 10.1. The Balaban J connectivity index is 0.609.